The molecule has 0 unspecified atom stereocenters. The molecule has 0 aliphatic rings. The fourth-order valence-electron chi connectivity index (χ4n) is 2.06. The Morgan fingerprint density at radius 3 is 2.68 bits per heavy atom. The minimum atomic E-state index is -0.0460. The van der Waals surface area contributed by atoms with Crippen LogP contribution < -0.4 is 5.32 Å². The van der Waals surface area contributed by atoms with Crippen molar-refractivity contribution in [3.63, 3.8) is 0 Å². The van der Waals surface area contributed by atoms with E-state index in [0.29, 0.717) is 12.2 Å². The molecule has 1 N–H and O–H groups in total. The van der Waals surface area contributed by atoms with Crippen LogP contribution in [0.15, 0.2) is 28.8 Å². The lowest BCUT2D eigenvalue weighted by molar-refractivity contribution is -0.115. The van der Waals surface area contributed by atoms with E-state index in [1.807, 2.05) is 38.1 Å². The van der Waals surface area contributed by atoms with Gasteiger partial charge in [0.2, 0.25) is 5.91 Å². The molecule has 0 aliphatic heterocycles. The van der Waals surface area contributed by atoms with E-state index in [1.165, 1.54) is 0 Å². The minimum absolute atomic E-state index is 0.0460. The summed E-state index contributed by atoms with van der Waals surface area (Å²) < 4.78 is 5.06. The van der Waals surface area contributed by atoms with Gasteiger partial charge in [-0.25, -0.2) is 0 Å². The number of hydrogen-bond acceptors (Lipinski definition) is 3. The van der Waals surface area contributed by atoms with Crippen LogP contribution in [0.5, 0.6) is 0 Å². The van der Waals surface area contributed by atoms with E-state index in [9.17, 15) is 4.79 Å². The molecule has 0 bridgehead atoms. The van der Waals surface area contributed by atoms with E-state index < -0.39 is 0 Å². The van der Waals surface area contributed by atoms with Gasteiger partial charge < -0.3 is 9.84 Å². The molecular weight excluding hydrogens is 240 g/mol. The summed E-state index contributed by atoms with van der Waals surface area (Å²) in [4.78, 5) is 12.1. The van der Waals surface area contributed by atoms with Crippen LogP contribution in [0.4, 0.5) is 5.69 Å². The summed E-state index contributed by atoms with van der Waals surface area (Å²) in [6.07, 6.45) is 1.18. The predicted octanol–water partition coefficient (Wildman–Crippen LogP) is 3.04. The Kier molecular flexibility index (Phi) is 4.00. The van der Waals surface area contributed by atoms with Crippen LogP contribution in [0.3, 0.4) is 0 Å². The van der Waals surface area contributed by atoms with Crippen LogP contribution >= 0.6 is 0 Å². The molecule has 1 amide bonds. The molecule has 1 heterocycles. The van der Waals surface area contributed by atoms with Gasteiger partial charge in [0, 0.05) is 11.3 Å². The van der Waals surface area contributed by atoms with Gasteiger partial charge in [0.05, 0.1) is 12.1 Å². The first-order valence-corrected chi connectivity index (χ1v) is 6.41. The normalized spacial score (nSPS) is 10.5. The number of nitrogens with one attached hydrogen (secondary N) is 1. The summed E-state index contributed by atoms with van der Waals surface area (Å²) in [5.41, 5.74) is 3.65. The number of anilines is 1. The Labute approximate surface area is 112 Å². The topological polar surface area (TPSA) is 55.1 Å². The second-order valence-electron chi connectivity index (χ2n) is 4.54. The Balaban J connectivity index is 2.10. The lowest BCUT2D eigenvalue weighted by Crippen LogP contribution is -2.16. The van der Waals surface area contributed by atoms with Crippen LogP contribution in [0.25, 0.3) is 0 Å². The van der Waals surface area contributed by atoms with Gasteiger partial charge in [0.25, 0.3) is 0 Å². The number of benzene rings is 1. The number of aryl methyl sites for hydroxylation is 3. The van der Waals surface area contributed by atoms with E-state index in [0.717, 1.165) is 28.9 Å². The number of para-hydroxylation sites is 1. The van der Waals surface area contributed by atoms with E-state index in [-0.39, 0.29) is 5.91 Å². The molecule has 0 spiro atoms. The van der Waals surface area contributed by atoms with Crippen molar-refractivity contribution in [2.75, 3.05) is 5.32 Å². The molecular formula is C15H18N2O2. The molecule has 0 saturated carbocycles. The SMILES string of the molecule is CCc1ccccc1NC(=O)Cc1c(C)noc1C. The van der Waals surface area contributed by atoms with E-state index >= 15 is 0 Å². The molecule has 19 heavy (non-hydrogen) atoms. The van der Waals surface area contributed by atoms with E-state index in [2.05, 4.69) is 17.4 Å². The number of amides is 1. The van der Waals surface area contributed by atoms with Gasteiger partial charge in [-0.1, -0.05) is 30.3 Å². The third-order valence-electron chi connectivity index (χ3n) is 3.19. The van der Waals surface area contributed by atoms with Crippen LogP contribution in [-0.4, -0.2) is 11.1 Å². The van der Waals surface area contributed by atoms with Gasteiger partial charge in [-0.2, -0.15) is 0 Å². The third-order valence-corrected chi connectivity index (χ3v) is 3.19. The average Bonchev–Trinajstić information content (AvgIpc) is 2.71. The fourth-order valence-corrected chi connectivity index (χ4v) is 2.06. The van der Waals surface area contributed by atoms with Crippen LogP contribution in [-0.2, 0) is 17.6 Å². The Morgan fingerprint density at radius 2 is 2.05 bits per heavy atom. The maximum Gasteiger partial charge on any atom is 0.229 e. The molecule has 100 valence electrons. The van der Waals surface area contributed by atoms with Crippen molar-refractivity contribution in [3.05, 3.63) is 46.8 Å². The van der Waals surface area contributed by atoms with Gasteiger partial charge in [-0.15, -0.1) is 0 Å². The molecule has 0 atom stereocenters. The van der Waals surface area contributed by atoms with Gasteiger partial charge in [0.15, 0.2) is 0 Å². The molecule has 1 aromatic carbocycles. The van der Waals surface area contributed by atoms with E-state index in [4.69, 9.17) is 4.52 Å². The monoisotopic (exact) mass is 258 g/mol. The first kappa shape index (κ1) is 13.3. The van der Waals surface area contributed by atoms with Crippen molar-refractivity contribution in [1.82, 2.24) is 5.16 Å². The Bertz CT molecular complexity index is 568. The average molecular weight is 258 g/mol. The number of hydrogen-bond donors (Lipinski definition) is 1. The van der Waals surface area contributed by atoms with E-state index in [1.54, 1.807) is 0 Å². The Hall–Kier alpha value is -2.10. The highest BCUT2D eigenvalue weighted by atomic mass is 16.5. The van der Waals surface area contributed by atoms with Gasteiger partial charge in [-0.05, 0) is 31.9 Å². The van der Waals surface area contributed by atoms with Crippen LogP contribution in [0, 0.1) is 13.8 Å². The molecule has 0 radical (unpaired) electrons. The molecule has 4 heteroatoms. The number of aromatic nitrogens is 1. The smallest absolute Gasteiger partial charge is 0.229 e. The van der Waals surface area contributed by atoms with Crippen molar-refractivity contribution < 1.29 is 9.32 Å². The van der Waals surface area contributed by atoms with Crippen molar-refractivity contribution in [3.8, 4) is 0 Å². The first-order chi connectivity index (χ1) is 9.11. The molecule has 2 aromatic rings. The summed E-state index contributed by atoms with van der Waals surface area (Å²) in [6.45, 7) is 5.74. The van der Waals surface area contributed by atoms with Crippen molar-refractivity contribution >= 4 is 11.6 Å². The van der Waals surface area contributed by atoms with Gasteiger partial charge in [-0.3, -0.25) is 4.79 Å². The zero-order chi connectivity index (χ0) is 13.8. The van der Waals surface area contributed by atoms with Crippen LogP contribution in [0.2, 0.25) is 0 Å². The molecule has 0 aliphatic carbocycles. The minimum Gasteiger partial charge on any atom is -0.361 e. The largest absolute Gasteiger partial charge is 0.361 e. The quantitative estimate of drug-likeness (QED) is 0.917. The number of nitrogens with zero attached hydrogens (tertiary/aromatic N) is 1. The van der Waals surface area contributed by atoms with Crippen molar-refractivity contribution in [2.24, 2.45) is 0 Å². The molecule has 0 saturated heterocycles. The standard InChI is InChI=1S/C15H18N2O2/c1-4-12-7-5-6-8-14(12)16-15(18)9-13-10(2)17-19-11(13)3/h5-8H,4,9H2,1-3H3,(H,16,18). The zero-order valence-corrected chi connectivity index (χ0v) is 11.5. The highest BCUT2D eigenvalue weighted by Gasteiger charge is 2.14. The second-order valence-corrected chi connectivity index (χ2v) is 4.54. The van der Waals surface area contributed by atoms with Gasteiger partial charge >= 0.3 is 0 Å². The Morgan fingerprint density at radius 1 is 1.32 bits per heavy atom. The highest BCUT2D eigenvalue weighted by Crippen LogP contribution is 2.17. The lowest BCUT2D eigenvalue weighted by Gasteiger charge is -2.09. The second kappa shape index (κ2) is 5.69. The van der Waals surface area contributed by atoms with Crippen molar-refractivity contribution in [1.29, 1.82) is 0 Å². The third kappa shape index (κ3) is 3.02. The maximum atomic E-state index is 12.1. The molecule has 0 fully saturated rings. The molecule has 2 rings (SSSR count). The highest BCUT2D eigenvalue weighted by molar-refractivity contribution is 5.93. The lowest BCUT2D eigenvalue weighted by atomic mass is 10.1. The van der Waals surface area contributed by atoms with Gasteiger partial charge in [0.1, 0.15) is 5.76 Å². The number of rotatable bonds is 4. The number of carbonyl (C=O) groups excluding carboxylic acids is 1. The first-order valence-electron chi connectivity index (χ1n) is 6.41. The number of carbonyl (C=O) groups is 1. The predicted molar refractivity (Wildman–Crippen MR) is 74.1 cm³/mol. The fraction of sp³-hybridized carbons (Fsp3) is 0.333. The zero-order valence-electron chi connectivity index (χ0n) is 11.5. The summed E-state index contributed by atoms with van der Waals surface area (Å²) in [5, 5.41) is 6.80. The summed E-state index contributed by atoms with van der Waals surface area (Å²) in [5.74, 6) is 0.659. The van der Waals surface area contributed by atoms with Crippen LogP contribution in [0.1, 0.15) is 29.5 Å². The molecule has 4 nitrogen and oxygen atoms in total. The molecule has 1 aromatic heterocycles. The summed E-state index contributed by atoms with van der Waals surface area (Å²) in [7, 11) is 0. The summed E-state index contributed by atoms with van der Waals surface area (Å²) in [6, 6.07) is 7.84. The maximum absolute atomic E-state index is 12.1. The van der Waals surface area contributed by atoms with Crippen molar-refractivity contribution in [2.45, 2.75) is 33.6 Å². The summed E-state index contributed by atoms with van der Waals surface area (Å²) >= 11 is 0.